The van der Waals surface area contributed by atoms with Crippen molar-refractivity contribution < 1.29 is 0 Å². The molecule has 6 aromatic carbocycles. The van der Waals surface area contributed by atoms with Gasteiger partial charge in [-0.15, -0.1) is 0 Å². The first kappa shape index (κ1) is 20.0. The third-order valence-corrected chi connectivity index (χ3v) is 9.66. The van der Waals surface area contributed by atoms with E-state index in [0.29, 0.717) is 34.1 Å². The molecule has 0 amide bonds. The van der Waals surface area contributed by atoms with Gasteiger partial charge < -0.3 is 34.4 Å². The summed E-state index contributed by atoms with van der Waals surface area (Å²) in [6.45, 7) is 0. The molecule has 0 aromatic heterocycles. The van der Waals surface area contributed by atoms with Gasteiger partial charge in [-0.05, 0) is 85.9 Å². The molecule has 0 saturated carbocycles. The van der Waals surface area contributed by atoms with Gasteiger partial charge in [-0.1, -0.05) is 36.4 Å². The van der Waals surface area contributed by atoms with Crippen molar-refractivity contribution in [2.24, 2.45) is 0 Å². The molecule has 0 spiro atoms. The Balaban J connectivity index is 1.66. The molecule has 182 valence electrons. The number of nitrogen functional groups attached to an aromatic ring is 6. The molecule has 6 heteroatoms. The van der Waals surface area contributed by atoms with Gasteiger partial charge in [0.1, 0.15) is 0 Å². The minimum atomic E-state index is -0.598. The Bertz CT molecular complexity index is 1780. The van der Waals surface area contributed by atoms with Crippen molar-refractivity contribution in [1.29, 1.82) is 0 Å². The lowest BCUT2D eigenvalue weighted by atomic mass is 9.59. The first-order valence-electron chi connectivity index (χ1n) is 12.7. The molecule has 9 rings (SSSR count). The van der Waals surface area contributed by atoms with E-state index in [1.165, 1.54) is 33.4 Å². The highest BCUT2D eigenvalue weighted by Gasteiger charge is 2.70. The molecule has 0 radical (unpaired) electrons. The summed E-state index contributed by atoms with van der Waals surface area (Å²) in [7, 11) is 0. The summed E-state index contributed by atoms with van der Waals surface area (Å²) in [6, 6.07) is 25.0. The van der Waals surface area contributed by atoms with E-state index >= 15 is 0 Å². The van der Waals surface area contributed by atoms with E-state index in [0.717, 1.165) is 32.3 Å². The summed E-state index contributed by atoms with van der Waals surface area (Å²) in [4.78, 5) is 0. The lowest BCUT2D eigenvalue weighted by Gasteiger charge is -2.40. The van der Waals surface area contributed by atoms with Crippen LogP contribution in [0.4, 0.5) is 34.1 Å². The predicted octanol–water partition coefficient (Wildman–Crippen LogP) is 4.95. The van der Waals surface area contributed by atoms with Crippen LogP contribution in [0.25, 0.3) is 32.3 Å². The van der Waals surface area contributed by atoms with E-state index in [1.807, 2.05) is 36.4 Å². The zero-order valence-corrected chi connectivity index (χ0v) is 20.4. The molecule has 6 aromatic rings. The molecule has 0 saturated heterocycles. The lowest BCUT2D eigenvalue weighted by molar-refractivity contribution is 0.492. The van der Waals surface area contributed by atoms with Crippen LogP contribution in [-0.4, -0.2) is 0 Å². The fraction of sp³-hybridized carbons (Fsp3) is 0.0625. The van der Waals surface area contributed by atoms with Gasteiger partial charge in [-0.25, -0.2) is 0 Å². The predicted molar refractivity (Wildman–Crippen MR) is 158 cm³/mol. The van der Waals surface area contributed by atoms with E-state index < -0.39 is 10.8 Å². The number of hydrogen-bond donors (Lipinski definition) is 6. The van der Waals surface area contributed by atoms with Crippen molar-refractivity contribution in [3.63, 3.8) is 0 Å². The number of benzene rings is 6. The second-order valence-electron chi connectivity index (χ2n) is 11.0. The molecule has 0 unspecified atom stereocenters. The second kappa shape index (κ2) is 5.73. The van der Waals surface area contributed by atoms with E-state index in [-0.39, 0.29) is 0 Å². The van der Waals surface area contributed by atoms with Gasteiger partial charge in [0.15, 0.2) is 0 Å². The molecule has 12 N–H and O–H groups in total. The van der Waals surface area contributed by atoms with Crippen LogP contribution in [0, 0.1) is 0 Å². The van der Waals surface area contributed by atoms with Crippen molar-refractivity contribution in [3.8, 4) is 0 Å². The molecule has 0 fully saturated rings. The van der Waals surface area contributed by atoms with Gasteiger partial charge in [0, 0.05) is 50.3 Å². The molecule has 6 nitrogen and oxygen atoms in total. The monoisotopic (exact) mass is 492 g/mol. The highest BCUT2D eigenvalue weighted by atomic mass is 14.7. The zero-order valence-electron chi connectivity index (χ0n) is 20.4. The molecular weight excluding hydrogens is 468 g/mol. The lowest BCUT2D eigenvalue weighted by Crippen LogP contribution is -2.42. The van der Waals surface area contributed by atoms with Gasteiger partial charge in [-0.2, -0.15) is 0 Å². The third-order valence-electron chi connectivity index (χ3n) is 9.66. The number of nitrogens with two attached hydrogens (primary N) is 6. The van der Waals surface area contributed by atoms with Crippen LogP contribution in [0.3, 0.4) is 0 Å². The van der Waals surface area contributed by atoms with Crippen molar-refractivity contribution >= 4 is 66.4 Å². The van der Waals surface area contributed by atoms with Crippen molar-refractivity contribution in [2.75, 3.05) is 34.4 Å². The van der Waals surface area contributed by atoms with Gasteiger partial charge >= 0.3 is 0 Å². The summed E-state index contributed by atoms with van der Waals surface area (Å²) in [5.74, 6) is 0. The first-order valence-corrected chi connectivity index (χ1v) is 12.7. The highest BCUT2D eigenvalue weighted by molar-refractivity contribution is 6.20. The van der Waals surface area contributed by atoms with Crippen LogP contribution in [-0.2, 0) is 10.8 Å². The number of anilines is 6. The molecule has 38 heavy (non-hydrogen) atoms. The standard InChI is InChI=1S/C32H24N6/c33-19-7-1-13-25-14(2-8-20(34)28(19)25)32-17-5-11-23(37)29-21(35)9-3-15(26(17)29)31(13,32)16-4-10-22(36)30-24(38)12-6-18(32)27(16)30/h1-12H,33-38H2. The van der Waals surface area contributed by atoms with Crippen LogP contribution in [0.15, 0.2) is 72.8 Å². The molecular formula is C32H24N6. The number of rotatable bonds is 0. The summed E-state index contributed by atoms with van der Waals surface area (Å²) in [5, 5.41) is 6.06. The van der Waals surface area contributed by atoms with E-state index in [2.05, 4.69) is 36.4 Å². The quantitative estimate of drug-likeness (QED) is 0.165. The summed E-state index contributed by atoms with van der Waals surface area (Å²) in [6.07, 6.45) is 0. The molecule has 0 aliphatic heterocycles. The minimum absolute atomic E-state index is 0.598. The van der Waals surface area contributed by atoms with E-state index in [1.54, 1.807) is 0 Å². The van der Waals surface area contributed by atoms with Crippen LogP contribution < -0.4 is 34.4 Å². The molecule has 0 atom stereocenters. The Kier molecular flexibility index (Phi) is 3.02. The van der Waals surface area contributed by atoms with Crippen LogP contribution in [0.5, 0.6) is 0 Å². The second-order valence-corrected chi connectivity index (χ2v) is 11.0. The largest absolute Gasteiger partial charge is 0.398 e. The Morgan fingerprint density at radius 3 is 0.632 bits per heavy atom. The fourth-order valence-electron chi connectivity index (χ4n) is 8.61. The maximum Gasteiger partial charge on any atom is 0.0648 e. The first-order chi connectivity index (χ1) is 18.3. The molecule has 3 aliphatic rings. The zero-order chi connectivity index (χ0) is 25.9. The van der Waals surface area contributed by atoms with Crippen molar-refractivity contribution in [2.45, 2.75) is 10.8 Å². The highest BCUT2D eigenvalue weighted by Crippen LogP contribution is 2.76. The summed E-state index contributed by atoms with van der Waals surface area (Å²) in [5.41, 5.74) is 49.5. The van der Waals surface area contributed by atoms with Crippen LogP contribution in [0.2, 0.25) is 0 Å². The van der Waals surface area contributed by atoms with Gasteiger partial charge in [0.05, 0.1) is 10.8 Å². The smallest absolute Gasteiger partial charge is 0.0648 e. The van der Waals surface area contributed by atoms with Crippen molar-refractivity contribution in [3.05, 3.63) is 106 Å². The van der Waals surface area contributed by atoms with E-state index in [4.69, 9.17) is 34.4 Å². The van der Waals surface area contributed by atoms with Gasteiger partial charge in [-0.3, -0.25) is 0 Å². The van der Waals surface area contributed by atoms with Gasteiger partial charge in [0.25, 0.3) is 0 Å². The Morgan fingerprint density at radius 2 is 0.447 bits per heavy atom. The average Bonchev–Trinajstić information content (AvgIpc) is 3.41. The maximum absolute atomic E-state index is 6.59. The van der Waals surface area contributed by atoms with Gasteiger partial charge in [0.2, 0.25) is 0 Å². The SMILES string of the molecule is Nc1ccc2c3c(ccc(N)c13)C13c4ccc(N)c5c(N)ccc(c45)C21c1ccc(N)c2c(N)ccc3c12. The Hall–Kier alpha value is -5.10. The van der Waals surface area contributed by atoms with E-state index in [9.17, 15) is 0 Å². The van der Waals surface area contributed by atoms with Crippen LogP contribution >= 0.6 is 0 Å². The molecule has 0 bridgehead atoms. The molecule has 3 aliphatic carbocycles. The maximum atomic E-state index is 6.59. The minimum Gasteiger partial charge on any atom is -0.398 e. The summed E-state index contributed by atoms with van der Waals surface area (Å²) >= 11 is 0. The fourth-order valence-corrected chi connectivity index (χ4v) is 8.61. The number of hydrogen-bond acceptors (Lipinski definition) is 6. The van der Waals surface area contributed by atoms with Crippen molar-refractivity contribution in [1.82, 2.24) is 0 Å². The molecule has 0 heterocycles. The topological polar surface area (TPSA) is 156 Å². The normalized spacial score (nSPS) is 21.5. The Morgan fingerprint density at radius 1 is 0.263 bits per heavy atom. The summed E-state index contributed by atoms with van der Waals surface area (Å²) < 4.78 is 0. The third kappa shape index (κ3) is 1.64. The van der Waals surface area contributed by atoms with Crippen LogP contribution in [0.1, 0.15) is 33.4 Å². The Labute approximate surface area is 217 Å². The average molecular weight is 493 g/mol.